The van der Waals surface area contributed by atoms with Crippen LogP contribution in [0, 0.1) is 0 Å². The summed E-state index contributed by atoms with van der Waals surface area (Å²) in [5.41, 5.74) is 1.98. The summed E-state index contributed by atoms with van der Waals surface area (Å²) in [7, 11) is 0. The standard InChI is InChI=1S/C18H24N4O/c1-15(14-22-12-4-9-20-22)19-13-16-5-7-17(8-6-16)18(23)21-10-2-3-11-21/h4-9,12,15,19H,2-3,10-11,13-14H2,1H3/t15-/m1/s1. The molecule has 5 nitrogen and oxygen atoms in total. The van der Waals surface area contributed by atoms with E-state index < -0.39 is 0 Å². The van der Waals surface area contributed by atoms with Gasteiger partial charge in [0.05, 0.1) is 6.54 Å². The number of hydrogen-bond donors (Lipinski definition) is 1. The highest BCUT2D eigenvalue weighted by molar-refractivity contribution is 5.94. The maximum atomic E-state index is 12.3. The summed E-state index contributed by atoms with van der Waals surface area (Å²) in [4.78, 5) is 14.2. The second-order valence-corrected chi connectivity index (χ2v) is 6.21. The fourth-order valence-corrected chi connectivity index (χ4v) is 2.91. The lowest BCUT2D eigenvalue weighted by atomic mass is 10.1. The summed E-state index contributed by atoms with van der Waals surface area (Å²) in [6.07, 6.45) is 6.02. The molecule has 1 fully saturated rings. The van der Waals surface area contributed by atoms with Crippen LogP contribution in [0.25, 0.3) is 0 Å². The number of hydrogen-bond acceptors (Lipinski definition) is 3. The monoisotopic (exact) mass is 312 g/mol. The maximum absolute atomic E-state index is 12.3. The molecule has 2 aromatic rings. The molecule has 0 bridgehead atoms. The lowest BCUT2D eigenvalue weighted by molar-refractivity contribution is 0.0793. The van der Waals surface area contributed by atoms with E-state index in [4.69, 9.17) is 0 Å². The van der Waals surface area contributed by atoms with Crippen molar-refractivity contribution in [2.45, 2.75) is 38.9 Å². The molecule has 1 aromatic carbocycles. The highest BCUT2D eigenvalue weighted by atomic mass is 16.2. The summed E-state index contributed by atoms with van der Waals surface area (Å²) in [6.45, 7) is 5.58. The molecule has 3 rings (SSSR count). The van der Waals surface area contributed by atoms with E-state index in [9.17, 15) is 4.79 Å². The molecule has 1 aliphatic rings. The number of carbonyl (C=O) groups excluding carboxylic acids is 1. The van der Waals surface area contributed by atoms with Crippen molar-refractivity contribution in [1.82, 2.24) is 20.0 Å². The third kappa shape index (κ3) is 4.20. The molecule has 5 heteroatoms. The number of likely N-dealkylation sites (tertiary alicyclic amines) is 1. The fraction of sp³-hybridized carbons (Fsp3) is 0.444. The Bertz CT molecular complexity index is 615. The zero-order valence-corrected chi connectivity index (χ0v) is 13.6. The van der Waals surface area contributed by atoms with Gasteiger partial charge in [-0.05, 0) is 43.5 Å². The minimum absolute atomic E-state index is 0.161. The summed E-state index contributed by atoms with van der Waals surface area (Å²) >= 11 is 0. The van der Waals surface area contributed by atoms with Gasteiger partial charge in [0.2, 0.25) is 0 Å². The second-order valence-electron chi connectivity index (χ2n) is 6.21. The summed E-state index contributed by atoms with van der Waals surface area (Å²) in [5, 5.41) is 7.70. The van der Waals surface area contributed by atoms with Crippen molar-refractivity contribution in [2.24, 2.45) is 0 Å². The van der Waals surface area contributed by atoms with Gasteiger partial charge in [0.1, 0.15) is 0 Å². The van der Waals surface area contributed by atoms with Crippen molar-refractivity contribution < 1.29 is 4.79 Å². The minimum atomic E-state index is 0.161. The molecule has 0 aliphatic carbocycles. The first-order valence-corrected chi connectivity index (χ1v) is 8.31. The fourth-order valence-electron chi connectivity index (χ4n) is 2.91. The van der Waals surface area contributed by atoms with Gasteiger partial charge in [0.15, 0.2) is 0 Å². The molecule has 1 amide bonds. The lowest BCUT2D eigenvalue weighted by Crippen LogP contribution is -2.30. The van der Waals surface area contributed by atoms with Gasteiger partial charge in [-0.1, -0.05) is 12.1 Å². The molecule has 122 valence electrons. The molecule has 0 unspecified atom stereocenters. The predicted octanol–water partition coefficient (Wildman–Crippen LogP) is 2.30. The van der Waals surface area contributed by atoms with E-state index in [0.717, 1.165) is 44.6 Å². The Balaban J connectivity index is 1.50. The Labute approximate surface area is 137 Å². The van der Waals surface area contributed by atoms with Crippen molar-refractivity contribution in [1.29, 1.82) is 0 Å². The summed E-state index contributed by atoms with van der Waals surface area (Å²) < 4.78 is 1.93. The predicted molar refractivity (Wildman–Crippen MR) is 90.1 cm³/mol. The first-order chi connectivity index (χ1) is 11.2. The average Bonchev–Trinajstić information content (AvgIpc) is 3.26. The van der Waals surface area contributed by atoms with Crippen LogP contribution in [0.4, 0.5) is 0 Å². The topological polar surface area (TPSA) is 50.2 Å². The van der Waals surface area contributed by atoms with Crippen LogP contribution < -0.4 is 5.32 Å². The van der Waals surface area contributed by atoms with E-state index in [0.29, 0.717) is 6.04 Å². The number of carbonyl (C=O) groups is 1. The van der Waals surface area contributed by atoms with Crippen LogP contribution >= 0.6 is 0 Å². The lowest BCUT2D eigenvalue weighted by Gasteiger charge is -2.16. The van der Waals surface area contributed by atoms with Gasteiger partial charge >= 0.3 is 0 Å². The van der Waals surface area contributed by atoms with E-state index in [1.165, 1.54) is 5.56 Å². The molecule has 0 spiro atoms. The van der Waals surface area contributed by atoms with Gasteiger partial charge in [0.25, 0.3) is 5.91 Å². The van der Waals surface area contributed by atoms with Crippen LogP contribution in [-0.2, 0) is 13.1 Å². The average molecular weight is 312 g/mol. The first kappa shape index (κ1) is 15.7. The quantitative estimate of drug-likeness (QED) is 0.890. The van der Waals surface area contributed by atoms with Crippen LogP contribution in [0.2, 0.25) is 0 Å². The van der Waals surface area contributed by atoms with Crippen LogP contribution in [-0.4, -0.2) is 39.7 Å². The van der Waals surface area contributed by atoms with Gasteiger partial charge in [-0.2, -0.15) is 5.10 Å². The molecule has 0 radical (unpaired) electrons. The van der Waals surface area contributed by atoms with Gasteiger partial charge < -0.3 is 10.2 Å². The van der Waals surface area contributed by atoms with E-state index in [-0.39, 0.29) is 5.91 Å². The maximum Gasteiger partial charge on any atom is 0.253 e. The van der Waals surface area contributed by atoms with Crippen molar-refractivity contribution in [2.75, 3.05) is 13.1 Å². The molecule has 1 aromatic heterocycles. The number of nitrogens with zero attached hydrogens (tertiary/aromatic N) is 3. The Morgan fingerprint density at radius 3 is 2.65 bits per heavy atom. The molecule has 1 N–H and O–H groups in total. The zero-order valence-electron chi connectivity index (χ0n) is 13.6. The van der Waals surface area contributed by atoms with E-state index >= 15 is 0 Å². The third-order valence-electron chi connectivity index (χ3n) is 4.27. The molecular formula is C18H24N4O. The third-order valence-corrected chi connectivity index (χ3v) is 4.27. The molecule has 0 saturated carbocycles. The molecular weight excluding hydrogens is 288 g/mol. The zero-order chi connectivity index (χ0) is 16.1. The van der Waals surface area contributed by atoms with Crippen LogP contribution in [0.1, 0.15) is 35.7 Å². The van der Waals surface area contributed by atoms with Crippen molar-refractivity contribution in [3.8, 4) is 0 Å². The van der Waals surface area contributed by atoms with Crippen molar-refractivity contribution in [3.63, 3.8) is 0 Å². The molecule has 1 aliphatic heterocycles. The Morgan fingerprint density at radius 1 is 1.26 bits per heavy atom. The molecule has 1 saturated heterocycles. The molecule has 1 atom stereocenters. The number of nitrogens with one attached hydrogen (secondary N) is 1. The number of rotatable bonds is 6. The van der Waals surface area contributed by atoms with Crippen LogP contribution in [0.15, 0.2) is 42.7 Å². The first-order valence-electron chi connectivity index (χ1n) is 8.31. The molecule has 23 heavy (non-hydrogen) atoms. The highest BCUT2D eigenvalue weighted by Crippen LogP contribution is 2.13. The normalized spacial score (nSPS) is 15.8. The Morgan fingerprint density at radius 2 is 2.00 bits per heavy atom. The summed E-state index contributed by atoms with van der Waals surface area (Å²) in [6, 6.07) is 10.2. The van der Waals surface area contributed by atoms with Gasteiger partial charge in [-0.15, -0.1) is 0 Å². The minimum Gasteiger partial charge on any atom is -0.339 e. The molecule has 2 heterocycles. The number of benzene rings is 1. The summed E-state index contributed by atoms with van der Waals surface area (Å²) in [5.74, 6) is 0.161. The number of amides is 1. The largest absolute Gasteiger partial charge is 0.339 e. The van der Waals surface area contributed by atoms with E-state index in [1.807, 2.05) is 46.1 Å². The van der Waals surface area contributed by atoms with E-state index in [2.05, 4.69) is 17.3 Å². The van der Waals surface area contributed by atoms with Crippen LogP contribution in [0.3, 0.4) is 0 Å². The van der Waals surface area contributed by atoms with E-state index in [1.54, 1.807) is 6.20 Å². The SMILES string of the molecule is C[C@H](Cn1cccn1)NCc1ccc(C(=O)N2CCCC2)cc1. The number of aromatic nitrogens is 2. The van der Waals surface area contributed by atoms with Crippen molar-refractivity contribution >= 4 is 5.91 Å². The van der Waals surface area contributed by atoms with Gasteiger partial charge in [-0.3, -0.25) is 9.48 Å². The second kappa shape index (κ2) is 7.42. The highest BCUT2D eigenvalue weighted by Gasteiger charge is 2.19. The Hall–Kier alpha value is -2.14. The van der Waals surface area contributed by atoms with Crippen molar-refractivity contribution in [3.05, 3.63) is 53.9 Å². The van der Waals surface area contributed by atoms with Gasteiger partial charge in [0, 0.05) is 43.6 Å². The van der Waals surface area contributed by atoms with Crippen LogP contribution in [0.5, 0.6) is 0 Å². The Kier molecular flexibility index (Phi) is 5.08. The van der Waals surface area contributed by atoms with Gasteiger partial charge in [-0.25, -0.2) is 0 Å². The smallest absolute Gasteiger partial charge is 0.253 e.